The summed E-state index contributed by atoms with van der Waals surface area (Å²) in [6.45, 7) is 4.05. The number of aromatic nitrogens is 4. The molecule has 3 rings (SSSR count). The van der Waals surface area contributed by atoms with Crippen LogP contribution in [-0.2, 0) is 13.0 Å². The molecule has 2 aromatic heterocycles. The maximum absolute atomic E-state index is 12.3. The third-order valence-electron chi connectivity index (χ3n) is 4.03. The summed E-state index contributed by atoms with van der Waals surface area (Å²) in [5.74, 6) is 1.41. The number of aryl methyl sites for hydroxylation is 2. The Labute approximate surface area is 161 Å². The molecule has 0 saturated carbocycles. The lowest BCUT2D eigenvalue weighted by Gasteiger charge is -2.10. The second kappa shape index (κ2) is 8.38. The number of nitrogens with one attached hydrogen (secondary N) is 3. The van der Waals surface area contributed by atoms with Gasteiger partial charge in [0.15, 0.2) is 0 Å². The van der Waals surface area contributed by atoms with E-state index in [0.29, 0.717) is 30.2 Å². The van der Waals surface area contributed by atoms with Gasteiger partial charge in [-0.1, -0.05) is 19.1 Å². The zero-order valence-corrected chi connectivity index (χ0v) is 15.9. The molecule has 9 heteroatoms. The molecule has 0 unspecified atom stereocenters. The smallest absolute Gasteiger partial charge is 0.320 e. The van der Waals surface area contributed by atoms with Gasteiger partial charge in [-0.15, -0.1) is 0 Å². The van der Waals surface area contributed by atoms with Crippen molar-refractivity contribution in [2.75, 3.05) is 12.4 Å². The SMILES string of the molecule is CCc1cc(=O)[nH]c(-n2nc(C)cc2NC(=O)NCc2ccc(OC)cc2)n1. The molecule has 0 aliphatic rings. The van der Waals surface area contributed by atoms with E-state index in [4.69, 9.17) is 4.74 Å². The fraction of sp³-hybridized carbons (Fsp3) is 0.263. The summed E-state index contributed by atoms with van der Waals surface area (Å²) in [4.78, 5) is 31.2. The highest BCUT2D eigenvalue weighted by atomic mass is 16.5. The molecule has 0 saturated heterocycles. The molecule has 2 heterocycles. The fourth-order valence-electron chi connectivity index (χ4n) is 2.61. The molecule has 1 aromatic carbocycles. The van der Waals surface area contributed by atoms with Crippen LogP contribution in [0.2, 0.25) is 0 Å². The summed E-state index contributed by atoms with van der Waals surface area (Å²) in [7, 11) is 1.60. The number of rotatable bonds is 6. The van der Waals surface area contributed by atoms with Crippen LogP contribution >= 0.6 is 0 Å². The zero-order chi connectivity index (χ0) is 20.1. The molecule has 0 fully saturated rings. The third-order valence-corrected chi connectivity index (χ3v) is 4.03. The number of anilines is 1. The summed E-state index contributed by atoms with van der Waals surface area (Å²) in [6, 6.07) is 10.1. The number of methoxy groups -OCH3 is 1. The van der Waals surface area contributed by atoms with Gasteiger partial charge in [-0.3, -0.25) is 15.1 Å². The summed E-state index contributed by atoms with van der Waals surface area (Å²) < 4.78 is 6.52. The van der Waals surface area contributed by atoms with Crippen LogP contribution in [0.15, 0.2) is 41.2 Å². The first-order valence-corrected chi connectivity index (χ1v) is 8.83. The van der Waals surface area contributed by atoms with Gasteiger partial charge >= 0.3 is 6.03 Å². The Morgan fingerprint density at radius 3 is 2.68 bits per heavy atom. The standard InChI is InChI=1S/C19H22N6O3/c1-4-14-10-17(26)23-18(21-14)25-16(9-12(2)24-25)22-19(27)20-11-13-5-7-15(28-3)8-6-13/h5-10H,4,11H2,1-3H3,(H2,20,22,27)(H,21,23,26). The first-order valence-electron chi connectivity index (χ1n) is 8.83. The Bertz CT molecular complexity index is 1020. The second-order valence-corrected chi connectivity index (χ2v) is 6.15. The number of H-pyrrole nitrogens is 1. The summed E-state index contributed by atoms with van der Waals surface area (Å²) in [5, 5.41) is 9.84. The van der Waals surface area contributed by atoms with Crippen LogP contribution in [0.25, 0.3) is 5.95 Å². The molecule has 0 aliphatic heterocycles. The van der Waals surface area contributed by atoms with Gasteiger partial charge in [-0.25, -0.2) is 9.78 Å². The number of nitrogens with zero attached hydrogens (tertiary/aromatic N) is 3. The van der Waals surface area contributed by atoms with Crippen LogP contribution in [0.3, 0.4) is 0 Å². The van der Waals surface area contributed by atoms with Gasteiger partial charge in [0.1, 0.15) is 11.6 Å². The molecule has 0 radical (unpaired) electrons. The number of carbonyl (C=O) groups is 1. The maximum Gasteiger partial charge on any atom is 0.320 e. The van der Waals surface area contributed by atoms with Crippen molar-refractivity contribution in [2.45, 2.75) is 26.8 Å². The van der Waals surface area contributed by atoms with Gasteiger partial charge < -0.3 is 10.1 Å². The minimum Gasteiger partial charge on any atom is -0.497 e. The van der Waals surface area contributed by atoms with E-state index in [9.17, 15) is 9.59 Å². The van der Waals surface area contributed by atoms with E-state index in [0.717, 1.165) is 11.3 Å². The first-order chi connectivity index (χ1) is 13.5. The van der Waals surface area contributed by atoms with Crippen LogP contribution in [0.4, 0.5) is 10.6 Å². The Morgan fingerprint density at radius 1 is 1.25 bits per heavy atom. The number of urea groups is 1. The van der Waals surface area contributed by atoms with Crippen LogP contribution in [-0.4, -0.2) is 32.9 Å². The van der Waals surface area contributed by atoms with Gasteiger partial charge in [-0.05, 0) is 31.0 Å². The van der Waals surface area contributed by atoms with Crippen molar-refractivity contribution in [2.24, 2.45) is 0 Å². The second-order valence-electron chi connectivity index (χ2n) is 6.15. The molecule has 28 heavy (non-hydrogen) atoms. The van der Waals surface area contributed by atoms with Crippen molar-refractivity contribution in [1.82, 2.24) is 25.1 Å². The van der Waals surface area contributed by atoms with E-state index in [1.165, 1.54) is 10.7 Å². The van der Waals surface area contributed by atoms with E-state index >= 15 is 0 Å². The normalized spacial score (nSPS) is 10.5. The lowest BCUT2D eigenvalue weighted by Crippen LogP contribution is -2.29. The lowest BCUT2D eigenvalue weighted by atomic mass is 10.2. The maximum atomic E-state index is 12.3. The highest BCUT2D eigenvalue weighted by molar-refractivity contribution is 5.88. The highest BCUT2D eigenvalue weighted by Gasteiger charge is 2.13. The van der Waals surface area contributed by atoms with Crippen molar-refractivity contribution in [3.05, 3.63) is 63.7 Å². The van der Waals surface area contributed by atoms with Crippen LogP contribution < -0.4 is 20.9 Å². The largest absolute Gasteiger partial charge is 0.497 e. The van der Waals surface area contributed by atoms with Crippen LogP contribution in [0, 0.1) is 6.92 Å². The van der Waals surface area contributed by atoms with Crippen molar-refractivity contribution >= 4 is 11.8 Å². The van der Waals surface area contributed by atoms with E-state index in [-0.39, 0.29) is 11.5 Å². The molecular weight excluding hydrogens is 360 g/mol. The monoisotopic (exact) mass is 382 g/mol. The van der Waals surface area contributed by atoms with Crippen molar-refractivity contribution in [3.8, 4) is 11.7 Å². The molecule has 0 spiro atoms. The lowest BCUT2D eigenvalue weighted by molar-refractivity contribution is 0.251. The third kappa shape index (κ3) is 4.56. The Morgan fingerprint density at radius 2 is 2.00 bits per heavy atom. The van der Waals surface area contributed by atoms with Gasteiger partial charge in [0, 0.05) is 24.4 Å². The van der Waals surface area contributed by atoms with Gasteiger partial charge in [0.05, 0.1) is 12.8 Å². The molecule has 146 valence electrons. The number of ether oxygens (including phenoxy) is 1. The van der Waals surface area contributed by atoms with E-state index in [2.05, 4.69) is 25.7 Å². The van der Waals surface area contributed by atoms with Crippen LogP contribution in [0.5, 0.6) is 5.75 Å². The predicted molar refractivity (Wildman–Crippen MR) is 105 cm³/mol. The Hall–Kier alpha value is -3.62. The highest BCUT2D eigenvalue weighted by Crippen LogP contribution is 2.14. The quantitative estimate of drug-likeness (QED) is 0.604. The molecular formula is C19H22N6O3. The predicted octanol–water partition coefficient (Wildman–Crippen LogP) is 2.16. The molecule has 0 bridgehead atoms. The summed E-state index contributed by atoms with van der Waals surface area (Å²) in [6.07, 6.45) is 0.613. The molecule has 9 nitrogen and oxygen atoms in total. The topological polar surface area (TPSA) is 114 Å². The Kier molecular flexibility index (Phi) is 5.73. The van der Waals surface area contributed by atoms with Crippen molar-refractivity contribution in [1.29, 1.82) is 0 Å². The minimum absolute atomic E-state index is 0.253. The molecule has 2 amide bonds. The summed E-state index contributed by atoms with van der Waals surface area (Å²) >= 11 is 0. The average Bonchev–Trinajstić information content (AvgIpc) is 3.06. The number of amides is 2. The fourth-order valence-corrected chi connectivity index (χ4v) is 2.61. The number of carbonyl (C=O) groups excluding carboxylic acids is 1. The van der Waals surface area contributed by atoms with E-state index in [1.54, 1.807) is 20.1 Å². The van der Waals surface area contributed by atoms with Gasteiger partial charge in [0.25, 0.3) is 5.56 Å². The average molecular weight is 382 g/mol. The van der Waals surface area contributed by atoms with Gasteiger partial charge in [-0.2, -0.15) is 9.78 Å². The number of hydrogen-bond acceptors (Lipinski definition) is 5. The number of hydrogen-bond donors (Lipinski definition) is 3. The minimum atomic E-state index is -0.397. The zero-order valence-electron chi connectivity index (χ0n) is 15.9. The summed E-state index contributed by atoms with van der Waals surface area (Å²) in [5.41, 5.74) is 1.98. The number of benzene rings is 1. The molecule has 3 N–H and O–H groups in total. The van der Waals surface area contributed by atoms with E-state index < -0.39 is 6.03 Å². The molecule has 0 atom stereocenters. The van der Waals surface area contributed by atoms with Gasteiger partial charge in [0.2, 0.25) is 5.95 Å². The van der Waals surface area contributed by atoms with Crippen molar-refractivity contribution < 1.29 is 9.53 Å². The molecule has 0 aliphatic carbocycles. The van der Waals surface area contributed by atoms with Crippen molar-refractivity contribution in [3.63, 3.8) is 0 Å². The number of aromatic amines is 1. The molecule has 3 aromatic rings. The van der Waals surface area contributed by atoms with Crippen LogP contribution in [0.1, 0.15) is 23.9 Å². The Balaban J connectivity index is 1.73. The first kappa shape index (κ1) is 19.2. The van der Waals surface area contributed by atoms with E-state index in [1.807, 2.05) is 31.2 Å².